The molecule has 0 unspecified atom stereocenters. The Hall–Kier alpha value is -2.67. The number of hydrogen-bond donors (Lipinski definition) is 1. The molecule has 0 fully saturated rings. The van der Waals surface area contributed by atoms with Gasteiger partial charge in [0.15, 0.2) is 16.9 Å². The first-order valence-electron chi connectivity index (χ1n) is 10.8. The topological polar surface area (TPSA) is 73.9 Å². The van der Waals surface area contributed by atoms with Crippen molar-refractivity contribution < 1.29 is 19.0 Å². The molecule has 1 atom stereocenters. The number of benzene rings is 1. The molecule has 0 radical (unpaired) electrons. The molecule has 2 aromatic rings. The summed E-state index contributed by atoms with van der Waals surface area (Å²) in [5.41, 5.74) is 3.47. The minimum absolute atomic E-state index is 0.0667. The average molecular weight is 458 g/mol. The lowest BCUT2D eigenvalue weighted by Gasteiger charge is -2.20. The van der Waals surface area contributed by atoms with Crippen LogP contribution in [0.1, 0.15) is 50.3 Å². The molecule has 0 aliphatic heterocycles. The van der Waals surface area contributed by atoms with Gasteiger partial charge in [-0.15, -0.1) is 11.8 Å². The van der Waals surface area contributed by atoms with Crippen LogP contribution in [0.3, 0.4) is 0 Å². The molecule has 0 saturated heterocycles. The predicted molar refractivity (Wildman–Crippen MR) is 128 cm³/mol. The molecule has 6 nitrogen and oxygen atoms in total. The van der Waals surface area contributed by atoms with Crippen LogP contribution in [-0.2, 0) is 11.2 Å². The Kier molecular flexibility index (Phi) is 8.07. The number of unbranched alkanes of at least 4 members (excludes halogenated alkanes) is 1. The SMILES string of the molecule is CCCCOc1cc2c(c(OC)c1OC)-c1ccc(SC)c(=O)cc1[C@@H](NC(C)=O)CC2. The summed E-state index contributed by atoms with van der Waals surface area (Å²) in [4.78, 5) is 25.5. The number of rotatable bonds is 8. The number of ether oxygens (including phenoxy) is 3. The molecule has 0 aromatic heterocycles. The van der Waals surface area contributed by atoms with Crippen LogP contribution in [0.2, 0.25) is 0 Å². The van der Waals surface area contributed by atoms with Gasteiger partial charge in [-0.25, -0.2) is 0 Å². The Morgan fingerprint density at radius 2 is 1.94 bits per heavy atom. The third kappa shape index (κ3) is 4.88. The van der Waals surface area contributed by atoms with Crippen LogP contribution in [0.4, 0.5) is 0 Å². The Balaban J connectivity index is 2.31. The Labute approximate surface area is 193 Å². The maximum Gasteiger partial charge on any atom is 0.217 e. The number of hydrogen-bond acceptors (Lipinski definition) is 6. The Morgan fingerprint density at radius 1 is 1.19 bits per heavy atom. The van der Waals surface area contributed by atoms with E-state index >= 15 is 0 Å². The molecule has 0 saturated carbocycles. The highest BCUT2D eigenvalue weighted by atomic mass is 32.2. The lowest BCUT2D eigenvalue weighted by atomic mass is 9.95. The summed E-state index contributed by atoms with van der Waals surface area (Å²) in [6.07, 6.45) is 5.19. The second-order valence-electron chi connectivity index (χ2n) is 7.75. The molecule has 1 aliphatic rings. The van der Waals surface area contributed by atoms with Gasteiger partial charge in [-0.3, -0.25) is 9.59 Å². The molecule has 0 spiro atoms. The first-order chi connectivity index (χ1) is 15.4. The molecule has 1 N–H and O–H groups in total. The number of fused-ring (bicyclic) bond motifs is 3. The second kappa shape index (κ2) is 10.8. The van der Waals surface area contributed by atoms with Crippen LogP contribution in [0, 0.1) is 0 Å². The fraction of sp³-hybridized carbons (Fsp3) is 0.440. The molecule has 3 rings (SSSR count). The number of aryl methyl sites for hydroxylation is 1. The fourth-order valence-corrected chi connectivity index (χ4v) is 4.61. The van der Waals surface area contributed by atoms with E-state index < -0.39 is 0 Å². The number of nitrogens with one attached hydrogen (secondary N) is 1. The molecule has 32 heavy (non-hydrogen) atoms. The zero-order valence-corrected chi connectivity index (χ0v) is 20.2. The molecular formula is C25H31NO5S. The van der Waals surface area contributed by atoms with Crippen molar-refractivity contribution in [1.29, 1.82) is 0 Å². The number of thioether (sulfide) groups is 1. The maximum atomic E-state index is 12.8. The van der Waals surface area contributed by atoms with Crippen LogP contribution < -0.4 is 25.0 Å². The van der Waals surface area contributed by atoms with Crippen molar-refractivity contribution in [3.8, 4) is 28.4 Å². The second-order valence-corrected chi connectivity index (χ2v) is 8.60. The Morgan fingerprint density at radius 3 is 2.56 bits per heavy atom. The summed E-state index contributed by atoms with van der Waals surface area (Å²) in [6.45, 7) is 4.20. The lowest BCUT2D eigenvalue weighted by Crippen LogP contribution is -2.26. The predicted octanol–water partition coefficient (Wildman–Crippen LogP) is 4.76. The zero-order valence-electron chi connectivity index (χ0n) is 19.4. The van der Waals surface area contributed by atoms with Gasteiger partial charge < -0.3 is 19.5 Å². The largest absolute Gasteiger partial charge is 0.492 e. The van der Waals surface area contributed by atoms with Crippen LogP contribution in [0.25, 0.3) is 11.1 Å². The van der Waals surface area contributed by atoms with Gasteiger partial charge in [-0.1, -0.05) is 19.4 Å². The summed E-state index contributed by atoms with van der Waals surface area (Å²) in [5, 5.41) is 3.03. The fourth-order valence-electron chi connectivity index (χ4n) is 4.14. The van der Waals surface area contributed by atoms with E-state index in [9.17, 15) is 9.59 Å². The standard InChI is InChI=1S/C25H31NO5S/c1-6-7-12-31-21-13-16-8-10-19(26-15(2)27)18-14-20(28)22(32-5)11-9-17(18)23(16)25(30-4)24(21)29-3/h9,11,13-14,19H,6-8,10,12H2,1-5H3,(H,26,27)/t19-/m0/s1. The Bertz CT molecular complexity index is 1050. The van der Waals surface area contributed by atoms with E-state index in [4.69, 9.17) is 14.2 Å². The number of carbonyl (C=O) groups excluding carboxylic acids is 1. The van der Waals surface area contributed by atoms with Gasteiger partial charge in [0.2, 0.25) is 11.7 Å². The minimum atomic E-state index is -0.287. The molecule has 2 aromatic carbocycles. The summed E-state index contributed by atoms with van der Waals surface area (Å²) in [7, 11) is 3.21. The van der Waals surface area contributed by atoms with Crippen molar-refractivity contribution in [2.45, 2.75) is 50.5 Å². The van der Waals surface area contributed by atoms with E-state index in [0.717, 1.165) is 35.1 Å². The van der Waals surface area contributed by atoms with Gasteiger partial charge >= 0.3 is 0 Å². The molecule has 172 valence electrons. The molecule has 0 heterocycles. The van der Waals surface area contributed by atoms with Gasteiger partial charge in [0.05, 0.1) is 31.8 Å². The monoisotopic (exact) mass is 457 g/mol. The minimum Gasteiger partial charge on any atom is -0.492 e. The van der Waals surface area contributed by atoms with Crippen molar-refractivity contribution in [1.82, 2.24) is 5.32 Å². The molecule has 1 aliphatic carbocycles. The van der Waals surface area contributed by atoms with Crippen LogP contribution >= 0.6 is 11.8 Å². The smallest absolute Gasteiger partial charge is 0.217 e. The molecule has 1 amide bonds. The normalized spacial score (nSPS) is 14.6. The van der Waals surface area contributed by atoms with Crippen molar-refractivity contribution in [2.75, 3.05) is 27.1 Å². The lowest BCUT2D eigenvalue weighted by molar-refractivity contribution is -0.119. The van der Waals surface area contributed by atoms with Gasteiger partial charge in [0.25, 0.3) is 0 Å². The van der Waals surface area contributed by atoms with E-state index in [-0.39, 0.29) is 17.4 Å². The highest BCUT2D eigenvalue weighted by Gasteiger charge is 2.29. The van der Waals surface area contributed by atoms with E-state index in [1.807, 2.05) is 24.5 Å². The van der Waals surface area contributed by atoms with Gasteiger partial charge in [-0.05, 0) is 60.4 Å². The van der Waals surface area contributed by atoms with E-state index in [1.165, 1.54) is 18.7 Å². The van der Waals surface area contributed by atoms with Crippen molar-refractivity contribution in [2.24, 2.45) is 0 Å². The number of carbonyl (C=O) groups is 1. The van der Waals surface area contributed by atoms with Crippen molar-refractivity contribution in [3.63, 3.8) is 0 Å². The van der Waals surface area contributed by atoms with Gasteiger partial charge in [-0.2, -0.15) is 0 Å². The third-order valence-corrected chi connectivity index (χ3v) is 6.41. The summed E-state index contributed by atoms with van der Waals surface area (Å²) in [5.74, 6) is 1.62. The quantitative estimate of drug-likeness (QED) is 0.455. The first-order valence-corrected chi connectivity index (χ1v) is 12.1. The maximum absolute atomic E-state index is 12.8. The van der Waals surface area contributed by atoms with E-state index in [1.54, 1.807) is 20.3 Å². The molecule has 7 heteroatoms. The highest BCUT2D eigenvalue weighted by molar-refractivity contribution is 7.98. The highest BCUT2D eigenvalue weighted by Crippen LogP contribution is 2.50. The summed E-state index contributed by atoms with van der Waals surface area (Å²) < 4.78 is 17.6. The van der Waals surface area contributed by atoms with Crippen molar-refractivity contribution >= 4 is 17.7 Å². The van der Waals surface area contributed by atoms with Crippen LogP contribution in [0.15, 0.2) is 34.0 Å². The van der Waals surface area contributed by atoms with Crippen LogP contribution in [0.5, 0.6) is 17.2 Å². The van der Waals surface area contributed by atoms with Crippen LogP contribution in [-0.4, -0.2) is 33.0 Å². The molecule has 0 bridgehead atoms. The molecular weight excluding hydrogens is 426 g/mol. The van der Waals surface area contributed by atoms with E-state index in [2.05, 4.69) is 12.2 Å². The third-order valence-electron chi connectivity index (χ3n) is 5.63. The number of amides is 1. The average Bonchev–Trinajstić information content (AvgIpc) is 3.01. The zero-order chi connectivity index (χ0) is 23.3. The van der Waals surface area contributed by atoms with Crippen molar-refractivity contribution in [3.05, 3.63) is 45.6 Å². The van der Waals surface area contributed by atoms with Gasteiger partial charge in [0.1, 0.15) is 0 Å². The first kappa shape index (κ1) is 24.0. The summed E-state index contributed by atoms with van der Waals surface area (Å²) in [6, 6.07) is 7.15. The van der Waals surface area contributed by atoms with E-state index in [0.29, 0.717) is 41.6 Å². The number of methoxy groups -OCH3 is 2. The van der Waals surface area contributed by atoms with Gasteiger partial charge in [0, 0.05) is 12.5 Å². The summed E-state index contributed by atoms with van der Waals surface area (Å²) >= 11 is 1.40.